The highest BCUT2D eigenvalue weighted by Crippen LogP contribution is 2.38. The van der Waals surface area contributed by atoms with Crippen molar-refractivity contribution in [3.63, 3.8) is 0 Å². The van der Waals surface area contributed by atoms with Crippen LogP contribution in [-0.2, 0) is 0 Å². The Labute approximate surface area is 114 Å². The first-order valence-corrected chi connectivity index (χ1v) is 7.19. The summed E-state index contributed by atoms with van der Waals surface area (Å²) in [5.41, 5.74) is 6.67. The normalized spacial score (nSPS) is 26.9. The highest BCUT2D eigenvalue weighted by molar-refractivity contribution is 5.67. The minimum Gasteiger partial charge on any atom is -0.479 e. The molecule has 2 heterocycles. The summed E-state index contributed by atoms with van der Waals surface area (Å²) in [6.07, 6.45) is 8.33. The largest absolute Gasteiger partial charge is 0.479 e. The van der Waals surface area contributed by atoms with E-state index < -0.39 is 0 Å². The minimum absolute atomic E-state index is 0.482. The Bertz CT molecular complexity index is 451. The molecule has 1 aliphatic carbocycles. The molecule has 5 nitrogen and oxygen atoms in total. The molecule has 0 amide bonds. The Morgan fingerprint density at radius 3 is 2.79 bits per heavy atom. The number of nitrogens with two attached hydrogens (primary N) is 1. The second-order valence-electron chi connectivity index (χ2n) is 5.66. The van der Waals surface area contributed by atoms with E-state index in [2.05, 4.69) is 14.9 Å². The number of nitrogens with zero attached hydrogens (tertiary/aromatic N) is 3. The van der Waals surface area contributed by atoms with Crippen LogP contribution in [0.2, 0.25) is 0 Å². The maximum atomic E-state index is 6.10. The Kier molecular flexibility index (Phi) is 3.44. The summed E-state index contributed by atoms with van der Waals surface area (Å²) >= 11 is 0. The van der Waals surface area contributed by atoms with Crippen LogP contribution in [0.1, 0.15) is 32.1 Å². The van der Waals surface area contributed by atoms with E-state index in [1.165, 1.54) is 38.4 Å². The number of rotatable bonds is 2. The second kappa shape index (κ2) is 5.23. The Morgan fingerprint density at radius 2 is 2.00 bits per heavy atom. The summed E-state index contributed by atoms with van der Waals surface area (Å²) in [6.45, 7) is 2.13. The fourth-order valence-corrected chi connectivity index (χ4v) is 3.58. The molecule has 0 aromatic carbocycles. The van der Waals surface area contributed by atoms with Gasteiger partial charge in [0.2, 0.25) is 5.88 Å². The lowest BCUT2D eigenvalue weighted by Crippen LogP contribution is -2.42. The van der Waals surface area contributed by atoms with Gasteiger partial charge in [-0.05, 0) is 24.7 Å². The van der Waals surface area contributed by atoms with Crippen molar-refractivity contribution in [2.24, 2.45) is 11.8 Å². The first-order valence-electron chi connectivity index (χ1n) is 7.19. The summed E-state index contributed by atoms with van der Waals surface area (Å²) in [4.78, 5) is 10.7. The van der Waals surface area contributed by atoms with Crippen LogP contribution in [-0.4, -0.2) is 30.2 Å². The lowest BCUT2D eigenvalue weighted by Gasteiger charge is -2.42. The molecule has 0 spiro atoms. The van der Waals surface area contributed by atoms with Crippen molar-refractivity contribution in [1.82, 2.24) is 9.97 Å². The van der Waals surface area contributed by atoms with Gasteiger partial charge in [0.15, 0.2) is 5.82 Å². The first kappa shape index (κ1) is 12.5. The molecular weight excluding hydrogens is 240 g/mol. The number of fused-ring (bicyclic) bond motifs is 1. The number of nitrogen functional groups attached to an aromatic ring is 1. The molecule has 0 radical (unpaired) electrons. The van der Waals surface area contributed by atoms with Crippen molar-refractivity contribution >= 4 is 11.5 Å². The van der Waals surface area contributed by atoms with Crippen molar-refractivity contribution in [3.8, 4) is 5.88 Å². The average Bonchev–Trinajstić information content (AvgIpc) is 2.47. The van der Waals surface area contributed by atoms with Gasteiger partial charge < -0.3 is 15.4 Å². The van der Waals surface area contributed by atoms with E-state index in [4.69, 9.17) is 10.5 Å². The van der Waals surface area contributed by atoms with Crippen molar-refractivity contribution in [2.45, 2.75) is 32.1 Å². The highest BCUT2D eigenvalue weighted by Gasteiger charge is 2.32. The van der Waals surface area contributed by atoms with Gasteiger partial charge in [-0.15, -0.1) is 0 Å². The Morgan fingerprint density at radius 1 is 1.21 bits per heavy atom. The van der Waals surface area contributed by atoms with Gasteiger partial charge in [-0.25, -0.2) is 4.98 Å². The molecule has 2 aliphatic rings. The quantitative estimate of drug-likeness (QED) is 0.884. The molecule has 1 aliphatic heterocycles. The third kappa shape index (κ3) is 2.33. The van der Waals surface area contributed by atoms with Gasteiger partial charge in [0.05, 0.1) is 7.11 Å². The lowest BCUT2D eigenvalue weighted by molar-refractivity contribution is 0.202. The predicted octanol–water partition coefficient (Wildman–Crippen LogP) is 2.08. The fraction of sp³-hybridized carbons (Fsp3) is 0.714. The number of anilines is 2. The van der Waals surface area contributed by atoms with E-state index in [1.807, 2.05) is 0 Å². The minimum atomic E-state index is 0.482. The topological polar surface area (TPSA) is 64.3 Å². The molecular formula is C14H22N4O. The van der Waals surface area contributed by atoms with Crippen LogP contribution in [0, 0.1) is 11.8 Å². The zero-order valence-corrected chi connectivity index (χ0v) is 11.5. The number of aromatic nitrogens is 2. The number of ether oxygens (including phenoxy) is 1. The third-order valence-corrected chi connectivity index (χ3v) is 4.61. The molecule has 1 saturated heterocycles. The van der Waals surface area contributed by atoms with E-state index >= 15 is 0 Å². The molecule has 1 aromatic rings. The standard InChI is InChI=1S/C14H22N4O/c1-19-14-12(15)13(16-9-17-14)18-7-6-10-4-2-3-5-11(10)8-18/h9-11H,2-8,15H2,1H3. The van der Waals surface area contributed by atoms with E-state index in [1.54, 1.807) is 7.11 Å². The maximum absolute atomic E-state index is 6.10. The van der Waals surface area contributed by atoms with Gasteiger partial charge in [0, 0.05) is 13.1 Å². The molecule has 2 unspecified atom stereocenters. The van der Waals surface area contributed by atoms with Crippen molar-refractivity contribution in [2.75, 3.05) is 30.8 Å². The predicted molar refractivity (Wildman–Crippen MR) is 75.3 cm³/mol. The van der Waals surface area contributed by atoms with Gasteiger partial charge in [-0.2, -0.15) is 4.98 Å². The van der Waals surface area contributed by atoms with E-state index in [0.29, 0.717) is 11.6 Å². The lowest BCUT2D eigenvalue weighted by atomic mass is 9.75. The van der Waals surface area contributed by atoms with Crippen LogP contribution in [0.25, 0.3) is 0 Å². The molecule has 2 N–H and O–H groups in total. The van der Waals surface area contributed by atoms with Crippen molar-refractivity contribution in [3.05, 3.63) is 6.33 Å². The van der Waals surface area contributed by atoms with Crippen molar-refractivity contribution < 1.29 is 4.74 Å². The third-order valence-electron chi connectivity index (χ3n) is 4.61. The smallest absolute Gasteiger partial charge is 0.242 e. The Hall–Kier alpha value is -1.52. The van der Waals surface area contributed by atoms with E-state index in [9.17, 15) is 0 Å². The fourth-order valence-electron chi connectivity index (χ4n) is 3.58. The SMILES string of the molecule is COc1ncnc(N2CCC3CCCCC3C2)c1N. The summed E-state index contributed by atoms with van der Waals surface area (Å²) in [6, 6.07) is 0. The molecule has 2 fully saturated rings. The molecule has 1 saturated carbocycles. The highest BCUT2D eigenvalue weighted by atomic mass is 16.5. The molecule has 2 atom stereocenters. The number of hydrogen-bond acceptors (Lipinski definition) is 5. The van der Waals surface area contributed by atoms with Gasteiger partial charge in [-0.3, -0.25) is 0 Å². The molecule has 1 aromatic heterocycles. The summed E-state index contributed by atoms with van der Waals surface area (Å²) in [5.74, 6) is 3.05. The maximum Gasteiger partial charge on any atom is 0.242 e. The van der Waals surface area contributed by atoms with Crippen LogP contribution in [0.4, 0.5) is 11.5 Å². The van der Waals surface area contributed by atoms with Crippen LogP contribution < -0.4 is 15.4 Å². The number of methoxy groups -OCH3 is 1. The van der Waals surface area contributed by atoms with Crippen LogP contribution >= 0.6 is 0 Å². The van der Waals surface area contributed by atoms with Gasteiger partial charge >= 0.3 is 0 Å². The monoisotopic (exact) mass is 262 g/mol. The van der Waals surface area contributed by atoms with Crippen LogP contribution in [0.15, 0.2) is 6.33 Å². The van der Waals surface area contributed by atoms with Gasteiger partial charge in [0.1, 0.15) is 12.0 Å². The summed E-state index contributed by atoms with van der Waals surface area (Å²) in [7, 11) is 1.59. The zero-order chi connectivity index (χ0) is 13.2. The second-order valence-corrected chi connectivity index (χ2v) is 5.66. The summed E-state index contributed by atoms with van der Waals surface area (Å²) < 4.78 is 5.18. The molecule has 3 rings (SSSR count). The summed E-state index contributed by atoms with van der Waals surface area (Å²) in [5, 5.41) is 0. The van der Waals surface area contributed by atoms with Crippen LogP contribution in [0.3, 0.4) is 0 Å². The molecule has 19 heavy (non-hydrogen) atoms. The zero-order valence-electron chi connectivity index (χ0n) is 11.5. The van der Waals surface area contributed by atoms with Gasteiger partial charge in [-0.1, -0.05) is 19.3 Å². The van der Waals surface area contributed by atoms with Crippen LogP contribution in [0.5, 0.6) is 5.88 Å². The van der Waals surface area contributed by atoms with Crippen molar-refractivity contribution in [1.29, 1.82) is 0 Å². The first-order chi connectivity index (χ1) is 9.29. The molecule has 0 bridgehead atoms. The Balaban J connectivity index is 1.79. The number of piperidine rings is 1. The molecule has 5 heteroatoms. The van der Waals surface area contributed by atoms with E-state index in [-0.39, 0.29) is 0 Å². The van der Waals surface area contributed by atoms with E-state index in [0.717, 1.165) is 30.7 Å². The average molecular weight is 262 g/mol. The number of hydrogen-bond donors (Lipinski definition) is 1. The molecule has 104 valence electrons. The van der Waals surface area contributed by atoms with Gasteiger partial charge in [0.25, 0.3) is 0 Å².